The van der Waals surface area contributed by atoms with Gasteiger partial charge in [-0.3, -0.25) is 10.1 Å². The van der Waals surface area contributed by atoms with E-state index in [-0.39, 0.29) is 5.69 Å². The molecule has 84 valence electrons. The van der Waals surface area contributed by atoms with E-state index in [1.165, 1.54) is 6.20 Å². The summed E-state index contributed by atoms with van der Waals surface area (Å²) in [4.78, 5) is 14.3. The molecule has 0 spiro atoms. The molecule has 0 aromatic carbocycles. The molecule has 0 unspecified atom stereocenters. The van der Waals surface area contributed by atoms with Crippen LogP contribution in [0.25, 0.3) is 11.0 Å². The van der Waals surface area contributed by atoms with Crippen molar-refractivity contribution in [1.29, 1.82) is 0 Å². The molecule has 16 heavy (non-hydrogen) atoms. The number of nitrogens with zero attached hydrogens (tertiary/aromatic N) is 3. The van der Waals surface area contributed by atoms with Crippen molar-refractivity contribution in [1.82, 2.24) is 9.55 Å². The SMILES string of the molecule is CCCCn1ccc2cc([N+](=O)[O-])cnc21. The van der Waals surface area contributed by atoms with Gasteiger partial charge in [0, 0.05) is 24.2 Å². The van der Waals surface area contributed by atoms with Crippen LogP contribution in [0, 0.1) is 10.1 Å². The fourth-order valence-corrected chi connectivity index (χ4v) is 1.68. The van der Waals surface area contributed by atoms with Gasteiger partial charge in [-0.1, -0.05) is 13.3 Å². The van der Waals surface area contributed by atoms with Gasteiger partial charge in [-0.05, 0) is 12.5 Å². The van der Waals surface area contributed by atoms with Crippen molar-refractivity contribution in [2.45, 2.75) is 26.3 Å². The molecular weight excluding hydrogens is 206 g/mol. The van der Waals surface area contributed by atoms with Crippen LogP contribution in [0.2, 0.25) is 0 Å². The lowest BCUT2D eigenvalue weighted by molar-refractivity contribution is -0.385. The number of aromatic nitrogens is 2. The summed E-state index contributed by atoms with van der Waals surface area (Å²) < 4.78 is 2.03. The van der Waals surface area contributed by atoms with Crippen molar-refractivity contribution in [3.63, 3.8) is 0 Å². The van der Waals surface area contributed by atoms with Crippen molar-refractivity contribution >= 4 is 16.7 Å². The molecule has 0 N–H and O–H groups in total. The summed E-state index contributed by atoms with van der Waals surface area (Å²) in [6, 6.07) is 3.43. The number of hydrogen-bond acceptors (Lipinski definition) is 3. The smallest absolute Gasteiger partial charge is 0.288 e. The van der Waals surface area contributed by atoms with Crippen molar-refractivity contribution in [3.8, 4) is 0 Å². The third kappa shape index (κ3) is 1.88. The van der Waals surface area contributed by atoms with E-state index in [1.54, 1.807) is 6.07 Å². The second kappa shape index (κ2) is 4.30. The van der Waals surface area contributed by atoms with Crippen molar-refractivity contribution in [2.75, 3.05) is 0 Å². The highest BCUT2D eigenvalue weighted by Gasteiger charge is 2.09. The molecule has 5 heteroatoms. The first-order valence-electron chi connectivity index (χ1n) is 5.31. The van der Waals surface area contributed by atoms with Crippen LogP contribution in [-0.4, -0.2) is 14.5 Å². The van der Waals surface area contributed by atoms with Crippen LogP contribution in [0.5, 0.6) is 0 Å². The summed E-state index contributed by atoms with van der Waals surface area (Å²) in [7, 11) is 0. The molecule has 0 saturated carbocycles. The van der Waals surface area contributed by atoms with Crippen LogP contribution in [0.3, 0.4) is 0 Å². The van der Waals surface area contributed by atoms with E-state index in [0.29, 0.717) is 0 Å². The second-order valence-corrected chi connectivity index (χ2v) is 3.73. The molecule has 0 fully saturated rings. The van der Waals surface area contributed by atoms with Gasteiger partial charge in [0.1, 0.15) is 11.8 Å². The summed E-state index contributed by atoms with van der Waals surface area (Å²) in [5, 5.41) is 11.4. The average Bonchev–Trinajstić information content (AvgIpc) is 2.68. The van der Waals surface area contributed by atoms with Crippen molar-refractivity contribution in [2.24, 2.45) is 0 Å². The number of unbranched alkanes of at least 4 members (excludes halogenated alkanes) is 1. The summed E-state index contributed by atoms with van der Waals surface area (Å²) in [6.07, 6.45) is 5.44. The lowest BCUT2D eigenvalue weighted by atomic mass is 10.3. The maximum atomic E-state index is 10.6. The van der Waals surface area contributed by atoms with Crippen LogP contribution in [-0.2, 0) is 6.54 Å². The molecule has 5 nitrogen and oxygen atoms in total. The molecule has 2 aromatic heterocycles. The number of pyridine rings is 1. The Morgan fingerprint density at radius 2 is 2.38 bits per heavy atom. The molecule has 2 heterocycles. The largest absolute Gasteiger partial charge is 0.333 e. The summed E-state index contributed by atoms with van der Waals surface area (Å²) >= 11 is 0. The Morgan fingerprint density at radius 1 is 1.56 bits per heavy atom. The van der Waals surface area contributed by atoms with Gasteiger partial charge in [-0.15, -0.1) is 0 Å². The molecule has 0 aliphatic carbocycles. The third-order valence-corrected chi connectivity index (χ3v) is 2.55. The average molecular weight is 219 g/mol. The zero-order valence-electron chi connectivity index (χ0n) is 9.09. The topological polar surface area (TPSA) is 61.0 Å². The highest BCUT2D eigenvalue weighted by Crippen LogP contribution is 2.19. The van der Waals surface area contributed by atoms with Crippen LogP contribution >= 0.6 is 0 Å². The van der Waals surface area contributed by atoms with E-state index < -0.39 is 4.92 Å². The van der Waals surface area contributed by atoms with E-state index in [2.05, 4.69) is 11.9 Å². The van der Waals surface area contributed by atoms with Crippen LogP contribution in [0.1, 0.15) is 19.8 Å². The first-order chi connectivity index (χ1) is 7.72. The summed E-state index contributed by atoms with van der Waals surface area (Å²) in [5.41, 5.74) is 0.861. The van der Waals surface area contributed by atoms with Gasteiger partial charge in [0.05, 0.1) is 4.92 Å². The van der Waals surface area contributed by atoms with Gasteiger partial charge in [0.25, 0.3) is 5.69 Å². The second-order valence-electron chi connectivity index (χ2n) is 3.73. The Balaban J connectivity index is 2.38. The van der Waals surface area contributed by atoms with Gasteiger partial charge in [-0.25, -0.2) is 4.98 Å². The fraction of sp³-hybridized carbons (Fsp3) is 0.364. The standard InChI is InChI=1S/C11H13N3O2/c1-2-3-5-13-6-4-9-7-10(14(15)16)8-12-11(9)13/h4,6-8H,2-3,5H2,1H3. The molecule has 0 bridgehead atoms. The Hall–Kier alpha value is -1.91. The summed E-state index contributed by atoms with van der Waals surface area (Å²) in [6.45, 7) is 3.04. The predicted molar refractivity (Wildman–Crippen MR) is 61.3 cm³/mol. The lowest BCUT2D eigenvalue weighted by Crippen LogP contribution is -1.97. The van der Waals surface area contributed by atoms with E-state index in [1.807, 2.05) is 16.8 Å². The minimum atomic E-state index is -0.421. The maximum absolute atomic E-state index is 10.6. The minimum absolute atomic E-state index is 0.0424. The Labute approximate surface area is 92.9 Å². The lowest BCUT2D eigenvalue weighted by Gasteiger charge is -2.02. The molecular formula is C11H13N3O2. The highest BCUT2D eigenvalue weighted by atomic mass is 16.6. The predicted octanol–water partition coefficient (Wildman–Crippen LogP) is 2.74. The van der Waals surface area contributed by atoms with Crippen LogP contribution in [0.4, 0.5) is 5.69 Å². The number of fused-ring (bicyclic) bond motifs is 1. The third-order valence-electron chi connectivity index (χ3n) is 2.55. The van der Waals surface area contributed by atoms with E-state index >= 15 is 0 Å². The quantitative estimate of drug-likeness (QED) is 0.586. The Kier molecular flexibility index (Phi) is 2.85. The van der Waals surface area contributed by atoms with Gasteiger partial charge in [-0.2, -0.15) is 0 Å². The molecule has 0 radical (unpaired) electrons. The molecule has 0 aliphatic rings. The first kappa shape index (κ1) is 10.6. The maximum Gasteiger partial charge on any atom is 0.288 e. The summed E-state index contributed by atoms with van der Waals surface area (Å²) in [5.74, 6) is 0. The minimum Gasteiger partial charge on any atom is -0.333 e. The number of aryl methyl sites for hydroxylation is 1. The molecule has 0 amide bonds. The van der Waals surface area contributed by atoms with Gasteiger partial charge >= 0.3 is 0 Å². The van der Waals surface area contributed by atoms with Crippen molar-refractivity contribution < 1.29 is 4.92 Å². The van der Waals surface area contributed by atoms with Gasteiger partial charge in [0.2, 0.25) is 0 Å². The zero-order chi connectivity index (χ0) is 11.5. The van der Waals surface area contributed by atoms with Crippen LogP contribution < -0.4 is 0 Å². The van der Waals surface area contributed by atoms with E-state index in [9.17, 15) is 10.1 Å². The van der Waals surface area contributed by atoms with Gasteiger partial charge in [0.15, 0.2) is 0 Å². The highest BCUT2D eigenvalue weighted by molar-refractivity contribution is 5.78. The number of hydrogen-bond donors (Lipinski definition) is 0. The molecule has 0 saturated heterocycles. The van der Waals surface area contributed by atoms with Crippen LogP contribution in [0.15, 0.2) is 24.5 Å². The Bertz CT molecular complexity index is 519. The fourth-order valence-electron chi connectivity index (χ4n) is 1.68. The monoisotopic (exact) mass is 219 g/mol. The van der Waals surface area contributed by atoms with E-state index in [4.69, 9.17) is 0 Å². The number of nitro groups is 1. The first-order valence-corrected chi connectivity index (χ1v) is 5.31. The molecule has 2 aromatic rings. The normalized spacial score (nSPS) is 10.8. The number of rotatable bonds is 4. The zero-order valence-corrected chi connectivity index (χ0v) is 9.09. The van der Waals surface area contributed by atoms with Gasteiger partial charge < -0.3 is 4.57 Å². The molecule has 0 atom stereocenters. The molecule has 0 aliphatic heterocycles. The molecule has 2 rings (SSSR count). The van der Waals surface area contributed by atoms with E-state index in [0.717, 1.165) is 30.4 Å². The van der Waals surface area contributed by atoms with Crippen molar-refractivity contribution in [3.05, 3.63) is 34.6 Å². The Morgan fingerprint density at radius 3 is 3.06 bits per heavy atom.